The summed E-state index contributed by atoms with van der Waals surface area (Å²) in [5, 5.41) is 3.34. The standard InChI is InChI=1S/C15H30N4O/c1-3-11(2)19-7-6-18-10-12(8-15(18)19)20-14-4-5-17-9-13(14)16/h11-15,17H,3-10,16H2,1-2H3/t11?,12-,13?,14?,15?/m1/s1. The van der Waals surface area contributed by atoms with Crippen molar-refractivity contribution in [3.8, 4) is 0 Å². The Morgan fingerprint density at radius 3 is 3.00 bits per heavy atom. The molecule has 0 amide bonds. The first-order valence-corrected chi connectivity index (χ1v) is 8.30. The van der Waals surface area contributed by atoms with Crippen LogP contribution in [-0.4, -0.2) is 73.0 Å². The van der Waals surface area contributed by atoms with Crippen LogP contribution < -0.4 is 11.1 Å². The first-order valence-electron chi connectivity index (χ1n) is 8.30. The van der Waals surface area contributed by atoms with Gasteiger partial charge in [-0.05, 0) is 26.3 Å². The average Bonchev–Trinajstić information content (AvgIpc) is 3.00. The van der Waals surface area contributed by atoms with Crippen LogP contribution >= 0.6 is 0 Å². The smallest absolute Gasteiger partial charge is 0.0754 e. The zero-order valence-corrected chi connectivity index (χ0v) is 12.9. The summed E-state index contributed by atoms with van der Waals surface area (Å²) < 4.78 is 6.33. The van der Waals surface area contributed by atoms with E-state index in [1.807, 2.05) is 0 Å². The molecule has 0 bridgehead atoms. The number of fused-ring (bicyclic) bond motifs is 1. The molecular formula is C15H30N4O. The van der Waals surface area contributed by atoms with E-state index in [9.17, 15) is 0 Å². The van der Waals surface area contributed by atoms with Gasteiger partial charge in [-0.1, -0.05) is 6.92 Å². The van der Waals surface area contributed by atoms with E-state index in [-0.39, 0.29) is 12.1 Å². The second kappa shape index (κ2) is 6.28. The van der Waals surface area contributed by atoms with Crippen LogP contribution in [0.3, 0.4) is 0 Å². The van der Waals surface area contributed by atoms with Crippen LogP contribution in [0.1, 0.15) is 33.1 Å². The Morgan fingerprint density at radius 2 is 2.25 bits per heavy atom. The predicted molar refractivity (Wildman–Crippen MR) is 80.6 cm³/mol. The molecule has 0 saturated carbocycles. The SMILES string of the molecule is CCC(C)N1CCN2C[C@H](OC3CCNCC3N)CC21. The number of nitrogens with one attached hydrogen (secondary N) is 1. The summed E-state index contributed by atoms with van der Waals surface area (Å²) in [5.41, 5.74) is 6.16. The summed E-state index contributed by atoms with van der Waals surface area (Å²) >= 11 is 0. The number of hydrogen-bond acceptors (Lipinski definition) is 5. The summed E-state index contributed by atoms with van der Waals surface area (Å²) in [6, 6.07) is 0.842. The molecule has 116 valence electrons. The molecule has 3 N–H and O–H groups in total. The monoisotopic (exact) mass is 282 g/mol. The number of nitrogens with zero attached hydrogens (tertiary/aromatic N) is 2. The number of piperidine rings is 1. The van der Waals surface area contributed by atoms with Crippen molar-refractivity contribution in [1.82, 2.24) is 15.1 Å². The van der Waals surface area contributed by atoms with Crippen LogP contribution in [0.25, 0.3) is 0 Å². The van der Waals surface area contributed by atoms with Gasteiger partial charge in [0.25, 0.3) is 0 Å². The summed E-state index contributed by atoms with van der Waals surface area (Å²) in [4.78, 5) is 5.26. The van der Waals surface area contributed by atoms with Crippen molar-refractivity contribution in [3.63, 3.8) is 0 Å². The third kappa shape index (κ3) is 2.88. The van der Waals surface area contributed by atoms with Gasteiger partial charge in [-0.2, -0.15) is 0 Å². The summed E-state index contributed by atoms with van der Waals surface area (Å²) in [6.07, 6.45) is 4.67. The summed E-state index contributed by atoms with van der Waals surface area (Å²) in [7, 11) is 0. The highest BCUT2D eigenvalue weighted by atomic mass is 16.5. The van der Waals surface area contributed by atoms with Gasteiger partial charge in [0.05, 0.1) is 18.4 Å². The Balaban J connectivity index is 1.54. The molecule has 4 unspecified atom stereocenters. The van der Waals surface area contributed by atoms with Crippen molar-refractivity contribution >= 4 is 0 Å². The molecule has 3 aliphatic heterocycles. The van der Waals surface area contributed by atoms with Crippen LogP contribution in [0.15, 0.2) is 0 Å². The molecule has 20 heavy (non-hydrogen) atoms. The zero-order chi connectivity index (χ0) is 14.1. The van der Waals surface area contributed by atoms with Gasteiger partial charge < -0.3 is 15.8 Å². The quantitative estimate of drug-likeness (QED) is 0.772. The van der Waals surface area contributed by atoms with Crippen molar-refractivity contribution in [3.05, 3.63) is 0 Å². The third-order valence-corrected chi connectivity index (χ3v) is 5.35. The van der Waals surface area contributed by atoms with E-state index in [0.717, 1.165) is 32.5 Å². The summed E-state index contributed by atoms with van der Waals surface area (Å²) in [6.45, 7) is 10.1. The van der Waals surface area contributed by atoms with Crippen LogP contribution in [0.2, 0.25) is 0 Å². The maximum Gasteiger partial charge on any atom is 0.0754 e. The molecule has 3 heterocycles. The fourth-order valence-electron chi connectivity index (χ4n) is 3.94. The summed E-state index contributed by atoms with van der Waals surface area (Å²) in [5.74, 6) is 0. The van der Waals surface area contributed by atoms with Gasteiger partial charge in [0.15, 0.2) is 0 Å². The minimum Gasteiger partial charge on any atom is -0.372 e. The van der Waals surface area contributed by atoms with Crippen molar-refractivity contribution in [1.29, 1.82) is 0 Å². The van der Waals surface area contributed by atoms with Crippen molar-refractivity contribution < 1.29 is 4.74 Å². The van der Waals surface area contributed by atoms with Crippen LogP contribution in [0, 0.1) is 0 Å². The van der Waals surface area contributed by atoms with Gasteiger partial charge in [0, 0.05) is 44.7 Å². The molecule has 5 heteroatoms. The Labute approximate surface area is 122 Å². The van der Waals surface area contributed by atoms with Crippen LogP contribution in [0.5, 0.6) is 0 Å². The van der Waals surface area contributed by atoms with Crippen molar-refractivity contribution in [2.24, 2.45) is 5.73 Å². The van der Waals surface area contributed by atoms with E-state index in [1.54, 1.807) is 0 Å². The number of nitrogens with two attached hydrogens (primary N) is 1. The van der Waals surface area contributed by atoms with E-state index in [1.165, 1.54) is 19.5 Å². The van der Waals surface area contributed by atoms with E-state index < -0.39 is 0 Å². The molecule has 5 atom stereocenters. The first kappa shape index (κ1) is 14.7. The second-order valence-electron chi connectivity index (χ2n) is 6.66. The van der Waals surface area contributed by atoms with E-state index in [0.29, 0.717) is 18.3 Å². The number of hydrogen-bond donors (Lipinski definition) is 2. The van der Waals surface area contributed by atoms with Gasteiger partial charge in [-0.3, -0.25) is 9.80 Å². The molecule has 0 aromatic heterocycles. The maximum atomic E-state index is 6.33. The van der Waals surface area contributed by atoms with Gasteiger partial charge >= 0.3 is 0 Å². The lowest BCUT2D eigenvalue weighted by atomic mass is 10.0. The Bertz CT molecular complexity index is 327. The third-order valence-electron chi connectivity index (χ3n) is 5.35. The lowest BCUT2D eigenvalue weighted by Gasteiger charge is -2.32. The topological polar surface area (TPSA) is 53.8 Å². The average molecular weight is 282 g/mol. The van der Waals surface area contributed by atoms with Crippen molar-refractivity contribution in [2.75, 3.05) is 32.7 Å². The normalized spacial score (nSPS) is 41.0. The fraction of sp³-hybridized carbons (Fsp3) is 1.00. The fourth-order valence-corrected chi connectivity index (χ4v) is 3.94. The highest BCUT2D eigenvalue weighted by Gasteiger charge is 2.43. The minimum absolute atomic E-state index is 0.157. The zero-order valence-electron chi connectivity index (χ0n) is 12.9. The molecule has 3 rings (SSSR count). The largest absolute Gasteiger partial charge is 0.372 e. The predicted octanol–water partition coefficient (Wildman–Crippen LogP) is 0.207. The first-order chi connectivity index (χ1) is 9.69. The van der Waals surface area contributed by atoms with Crippen molar-refractivity contribution in [2.45, 2.75) is 63.6 Å². The number of rotatable bonds is 4. The van der Waals surface area contributed by atoms with Gasteiger partial charge in [0.2, 0.25) is 0 Å². The minimum atomic E-state index is 0.157. The molecular weight excluding hydrogens is 252 g/mol. The molecule has 0 radical (unpaired) electrons. The van der Waals surface area contributed by atoms with E-state index >= 15 is 0 Å². The second-order valence-corrected chi connectivity index (χ2v) is 6.66. The Morgan fingerprint density at radius 1 is 1.40 bits per heavy atom. The number of ether oxygens (including phenoxy) is 1. The van der Waals surface area contributed by atoms with Gasteiger partial charge in [0.1, 0.15) is 0 Å². The molecule has 0 spiro atoms. The van der Waals surface area contributed by atoms with Crippen LogP contribution in [-0.2, 0) is 4.74 Å². The molecule has 3 fully saturated rings. The molecule has 3 saturated heterocycles. The van der Waals surface area contributed by atoms with Gasteiger partial charge in [-0.15, -0.1) is 0 Å². The lowest BCUT2D eigenvalue weighted by molar-refractivity contribution is -0.0328. The molecule has 5 nitrogen and oxygen atoms in total. The molecule has 3 aliphatic rings. The lowest BCUT2D eigenvalue weighted by Crippen LogP contribution is -2.51. The van der Waals surface area contributed by atoms with Crippen LogP contribution in [0.4, 0.5) is 0 Å². The molecule has 0 aliphatic carbocycles. The van der Waals surface area contributed by atoms with Gasteiger partial charge in [-0.25, -0.2) is 0 Å². The molecule has 0 aromatic carbocycles. The Kier molecular flexibility index (Phi) is 4.62. The van der Waals surface area contributed by atoms with E-state index in [2.05, 4.69) is 29.0 Å². The highest BCUT2D eigenvalue weighted by Crippen LogP contribution is 2.30. The Hall–Kier alpha value is -0.200. The maximum absolute atomic E-state index is 6.33. The van der Waals surface area contributed by atoms with E-state index in [4.69, 9.17) is 10.5 Å². The highest BCUT2D eigenvalue weighted by molar-refractivity contribution is 4.94. The molecule has 0 aromatic rings.